The van der Waals surface area contributed by atoms with E-state index in [2.05, 4.69) is 14.9 Å². The van der Waals surface area contributed by atoms with Gasteiger partial charge in [0.05, 0.1) is 12.9 Å². The van der Waals surface area contributed by atoms with Crippen molar-refractivity contribution in [1.82, 2.24) is 14.9 Å². The third-order valence-corrected chi connectivity index (χ3v) is 3.39. The number of aryl methyl sites for hydroxylation is 1. The highest BCUT2D eigenvalue weighted by atomic mass is 16.5. The van der Waals surface area contributed by atoms with E-state index in [-0.39, 0.29) is 5.91 Å². The first-order chi connectivity index (χ1) is 10.1. The van der Waals surface area contributed by atoms with Gasteiger partial charge in [0.1, 0.15) is 5.82 Å². The van der Waals surface area contributed by atoms with Crippen molar-refractivity contribution in [1.29, 1.82) is 0 Å². The molecule has 0 saturated carbocycles. The molecule has 114 valence electrons. The SMILES string of the molecule is CCO/C=C/c1nc(C)cc(N2CCN(C(C)=O)CC2)n1. The topological polar surface area (TPSA) is 58.6 Å². The van der Waals surface area contributed by atoms with Crippen molar-refractivity contribution in [3.05, 3.63) is 23.8 Å². The molecule has 0 N–H and O–H groups in total. The number of carbonyl (C=O) groups is 1. The van der Waals surface area contributed by atoms with Crippen molar-refractivity contribution >= 4 is 17.8 Å². The number of aromatic nitrogens is 2. The zero-order valence-electron chi connectivity index (χ0n) is 12.9. The van der Waals surface area contributed by atoms with Crippen LogP contribution in [-0.2, 0) is 9.53 Å². The fourth-order valence-electron chi connectivity index (χ4n) is 2.27. The predicted molar refractivity (Wildman–Crippen MR) is 81.9 cm³/mol. The van der Waals surface area contributed by atoms with Crippen LogP contribution in [0.5, 0.6) is 0 Å². The monoisotopic (exact) mass is 290 g/mol. The van der Waals surface area contributed by atoms with Gasteiger partial charge >= 0.3 is 0 Å². The average Bonchev–Trinajstić information content (AvgIpc) is 2.47. The summed E-state index contributed by atoms with van der Waals surface area (Å²) in [5.41, 5.74) is 0.921. The summed E-state index contributed by atoms with van der Waals surface area (Å²) < 4.78 is 5.18. The Bertz CT molecular complexity index is 522. The summed E-state index contributed by atoms with van der Waals surface area (Å²) in [5, 5.41) is 0. The van der Waals surface area contributed by atoms with E-state index in [1.54, 1.807) is 19.3 Å². The van der Waals surface area contributed by atoms with Gasteiger partial charge in [0, 0.05) is 50.9 Å². The minimum atomic E-state index is 0.133. The molecule has 1 aromatic rings. The smallest absolute Gasteiger partial charge is 0.219 e. The number of carbonyl (C=O) groups excluding carboxylic acids is 1. The van der Waals surface area contributed by atoms with Gasteiger partial charge in [-0.05, 0) is 13.8 Å². The molecular formula is C15H22N4O2. The minimum Gasteiger partial charge on any atom is -0.501 e. The van der Waals surface area contributed by atoms with Crippen LogP contribution >= 0.6 is 0 Å². The van der Waals surface area contributed by atoms with E-state index in [0.717, 1.165) is 37.7 Å². The first-order valence-electron chi connectivity index (χ1n) is 7.24. The first kappa shape index (κ1) is 15.3. The van der Waals surface area contributed by atoms with Gasteiger partial charge in [0.2, 0.25) is 5.91 Å². The molecule has 6 heteroatoms. The van der Waals surface area contributed by atoms with E-state index in [9.17, 15) is 4.79 Å². The second kappa shape index (κ2) is 7.06. The molecule has 0 bridgehead atoms. The summed E-state index contributed by atoms with van der Waals surface area (Å²) in [7, 11) is 0. The number of amides is 1. The molecule has 0 spiro atoms. The summed E-state index contributed by atoms with van der Waals surface area (Å²) >= 11 is 0. The Kier molecular flexibility index (Phi) is 5.14. The van der Waals surface area contributed by atoms with Gasteiger partial charge in [0.15, 0.2) is 5.82 Å². The van der Waals surface area contributed by atoms with E-state index >= 15 is 0 Å². The number of rotatable bonds is 4. The number of hydrogen-bond acceptors (Lipinski definition) is 5. The van der Waals surface area contributed by atoms with Crippen LogP contribution in [0.4, 0.5) is 5.82 Å². The highest BCUT2D eigenvalue weighted by Gasteiger charge is 2.20. The molecule has 1 aliphatic rings. The molecule has 0 aromatic carbocycles. The van der Waals surface area contributed by atoms with Gasteiger partial charge in [-0.1, -0.05) is 0 Å². The van der Waals surface area contributed by atoms with Crippen molar-refractivity contribution in [2.24, 2.45) is 0 Å². The van der Waals surface area contributed by atoms with E-state index < -0.39 is 0 Å². The normalized spacial score (nSPS) is 15.6. The molecular weight excluding hydrogens is 268 g/mol. The third-order valence-electron chi connectivity index (χ3n) is 3.39. The molecule has 1 amide bonds. The van der Waals surface area contributed by atoms with Crippen LogP contribution in [0.2, 0.25) is 0 Å². The Morgan fingerprint density at radius 3 is 2.67 bits per heavy atom. The highest BCUT2D eigenvalue weighted by Crippen LogP contribution is 2.15. The third kappa shape index (κ3) is 4.18. The molecule has 1 aromatic heterocycles. The van der Waals surface area contributed by atoms with Gasteiger partial charge in [-0.15, -0.1) is 0 Å². The maximum Gasteiger partial charge on any atom is 0.219 e. The molecule has 0 atom stereocenters. The Morgan fingerprint density at radius 2 is 2.05 bits per heavy atom. The Labute approximate surface area is 125 Å². The number of piperazine rings is 1. The second-order valence-corrected chi connectivity index (χ2v) is 4.98. The summed E-state index contributed by atoms with van der Waals surface area (Å²) in [4.78, 5) is 24.3. The molecule has 0 aliphatic carbocycles. The fourth-order valence-corrected chi connectivity index (χ4v) is 2.27. The molecule has 2 heterocycles. The molecule has 6 nitrogen and oxygen atoms in total. The molecule has 1 fully saturated rings. The van der Waals surface area contributed by atoms with Crippen molar-refractivity contribution in [2.45, 2.75) is 20.8 Å². The predicted octanol–water partition coefficient (Wildman–Crippen LogP) is 1.46. The van der Waals surface area contributed by atoms with Crippen LogP contribution < -0.4 is 4.90 Å². The van der Waals surface area contributed by atoms with Gasteiger partial charge in [0.25, 0.3) is 0 Å². The summed E-state index contributed by atoms with van der Waals surface area (Å²) in [5.74, 6) is 1.68. The number of hydrogen-bond donors (Lipinski definition) is 0. The van der Waals surface area contributed by atoms with E-state index in [1.165, 1.54) is 0 Å². The van der Waals surface area contributed by atoms with Crippen LogP contribution in [0, 0.1) is 6.92 Å². The standard InChI is InChI=1S/C15H22N4O2/c1-4-21-10-5-14-16-12(2)11-15(17-14)19-8-6-18(7-9-19)13(3)20/h5,10-11H,4,6-9H2,1-3H3/b10-5+. The molecule has 2 rings (SSSR count). The van der Waals surface area contributed by atoms with Crippen LogP contribution in [0.25, 0.3) is 6.08 Å². The fraction of sp³-hybridized carbons (Fsp3) is 0.533. The number of nitrogens with zero attached hydrogens (tertiary/aromatic N) is 4. The number of anilines is 1. The maximum absolute atomic E-state index is 11.4. The lowest BCUT2D eigenvalue weighted by Crippen LogP contribution is -2.48. The largest absolute Gasteiger partial charge is 0.501 e. The summed E-state index contributed by atoms with van der Waals surface area (Å²) in [6, 6.07) is 1.97. The van der Waals surface area contributed by atoms with Crippen molar-refractivity contribution in [3.8, 4) is 0 Å². The lowest BCUT2D eigenvalue weighted by Gasteiger charge is -2.35. The van der Waals surface area contributed by atoms with Crippen LogP contribution in [0.1, 0.15) is 25.4 Å². The van der Waals surface area contributed by atoms with Crippen molar-refractivity contribution in [3.63, 3.8) is 0 Å². The van der Waals surface area contributed by atoms with E-state index in [4.69, 9.17) is 4.74 Å². The van der Waals surface area contributed by atoms with Crippen molar-refractivity contribution < 1.29 is 9.53 Å². The Morgan fingerprint density at radius 1 is 1.33 bits per heavy atom. The van der Waals surface area contributed by atoms with E-state index in [0.29, 0.717) is 12.4 Å². The van der Waals surface area contributed by atoms with Gasteiger partial charge < -0.3 is 14.5 Å². The lowest BCUT2D eigenvalue weighted by atomic mass is 10.3. The highest BCUT2D eigenvalue weighted by molar-refractivity contribution is 5.73. The van der Waals surface area contributed by atoms with Crippen LogP contribution in [-0.4, -0.2) is 53.6 Å². The van der Waals surface area contributed by atoms with Gasteiger partial charge in [-0.25, -0.2) is 9.97 Å². The molecule has 0 radical (unpaired) electrons. The zero-order valence-corrected chi connectivity index (χ0v) is 12.9. The summed E-state index contributed by atoms with van der Waals surface area (Å²) in [6.07, 6.45) is 3.39. The second-order valence-electron chi connectivity index (χ2n) is 4.98. The zero-order chi connectivity index (χ0) is 15.2. The van der Waals surface area contributed by atoms with Gasteiger partial charge in [-0.2, -0.15) is 0 Å². The van der Waals surface area contributed by atoms with E-state index in [1.807, 2.05) is 24.8 Å². The molecule has 1 saturated heterocycles. The first-order valence-corrected chi connectivity index (χ1v) is 7.24. The van der Waals surface area contributed by atoms with Crippen molar-refractivity contribution in [2.75, 3.05) is 37.7 Å². The minimum absolute atomic E-state index is 0.133. The van der Waals surface area contributed by atoms with Gasteiger partial charge in [-0.3, -0.25) is 4.79 Å². The Balaban J connectivity index is 2.08. The lowest BCUT2D eigenvalue weighted by molar-refractivity contribution is -0.129. The average molecular weight is 290 g/mol. The van der Waals surface area contributed by atoms with Crippen LogP contribution in [0.3, 0.4) is 0 Å². The molecule has 0 unspecified atom stereocenters. The quantitative estimate of drug-likeness (QED) is 0.786. The Hall–Kier alpha value is -2.11. The maximum atomic E-state index is 11.4. The molecule has 21 heavy (non-hydrogen) atoms. The number of ether oxygens (including phenoxy) is 1. The molecule has 1 aliphatic heterocycles. The summed E-state index contributed by atoms with van der Waals surface area (Å²) in [6.45, 7) is 9.19. The van der Waals surface area contributed by atoms with Crippen LogP contribution in [0.15, 0.2) is 12.3 Å².